The molecule has 25 heavy (non-hydrogen) atoms. The van der Waals surface area contributed by atoms with Gasteiger partial charge >= 0.3 is 0 Å². The largest absolute Gasteiger partial charge is 0.497 e. The number of amides is 1. The summed E-state index contributed by atoms with van der Waals surface area (Å²) in [6.45, 7) is 4.66. The summed E-state index contributed by atoms with van der Waals surface area (Å²) in [5, 5.41) is 0. The van der Waals surface area contributed by atoms with Crippen molar-refractivity contribution in [2.45, 2.75) is 26.3 Å². The average molecular weight is 338 g/mol. The third kappa shape index (κ3) is 3.63. The molecule has 3 rings (SSSR count). The van der Waals surface area contributed by atoms with Gasteiger partial charge in [0.15, 0.2) is 0 Å². The fourth-order valence-electron chi connectivity index (χ4n) is 2.95. The lowest BCUT2D eigenvalue weighted by molar-refractivity contribution is 0.0698. The third-order valence-electron chi connectivity index (χ3n) is 4.28. The molecule has 6 heteroatoms. The van der Waals surface area contributed by atoms with Gasteiger partial charge in [0.05, 0.1) is 7.11 Å². The van der Waals surface area contributed by atoms with Gasteiger partial charge in [-0.3, -0.25) is 9.20 Å². The highest BCUT2D eigenvalue weighted by atomic mass is 16.5. The topological polar surface area (TPSA) is 59.7 Å². The lowest BCUT2D eigenvalue weighted by Gasteiger charge is -2.27. The fraction of sp³-hybridized carbons (Fsp3) is 0.316. The van der Waals surface area contributed by atoms with Gasteiger partial charge in [-0.05, 0) is 44.0 Å². The molecule has 0 bridgehead atoms. The zero-order chi connectivity index (χ0) is 17.8. The number of carbonyl (C=O) groups is 1. The number of nitrogens with zero attached hydrogens (tertiary/aromatic N) is 4. The number of methoxy groups -OCH3 is 1. The van der Waals surface area contributed by atoms with E-state index in [1.54, 1.807) is 23.9 Å². The maximum Gasteiger partial charge on any atom is 0.274 e. The lowest BCUT2D eigenvalue weighted by atomic mass is 10.1. The molecule has 0 aliphatic carbocycles. The van der Waals surface area contributed by atoms with E-state index in [0.717, 1.165) is 17.7 Å². The Kier molecular flexibility index (Phi) is 4.97. The fourth-order valence-corrected chi connectivity index (χ4v) is 2.95. The Morgan fingerprint density at radius 2 is 2.08 bits per heavy atom. The van der Waals surface area contributed by atoms with E-state index in [9.17, 15) is 4.79 Å². The molecule has 0 saturated heterocycles. The van der Waals surface area contributed by atoms with E-state index in [0.29, 0.717) is 18.0 Å². The minimum Gasteiger partial charge on any atom is -0.497 e. The second-order valence-corrected chi connectivity index (χ2v) is 5.95. The van der Waals surface area contributed by atoms with Gasteiger partial charge in [0.2, 0.25) is 5.78 Å². The number of benzene rings is 1. The third-order valence-corrected chi connectivity index (χ3v) is 4.28. The van der Waals surface area contributed by atoms with Gasteiger partial charge in [0, 0.05) is 31.2 Å². The number of imidazole rings is 1. The summed E-state index contributed by atoms with van der Waals surface area (Å²) in [5.74, 6) is 1.29. The van der Waals surface area contributed by atoms with Crippen molar-refractivity contribution >= 4 is 11.7 Å². The van der Waals surface area contributed by atoms with Gasteiger partial charge in [-0.1, -0.05) is 12.1 Å². The molecule has 0 unspecified atom stereocenters. The van der Waals surface area contributed by atoms with Crippen molar-refractivity contribution in [1.29, 1.82) is 0 Å². The van der Waals surface area contributed by atoms with Crippen LogP contribution in [-0.2, 0) is 6.42 Å². The molecule has 1 aromatic carbocycles. The summed E-state index contributed by atoms with van der Waals surface area (Å²) in [6, 6.07) is 9.81. The smallest absolute Gasteiger partial charge is 0.274 e. The average Bonchev–Trinajstić information content (AvgIpc) is 3.07. The number of hydrogen-bond acceptors (Lipinski definition) is 4. The molecule has 0 fully saturated rings. The summed E-state index contributed by atoms with van der Waals surface area (Å²) in [4.78, 5) is 23.2. The zero-order valence-corrected chi connectivity index (χ0v) is 14.7. The van der Waals surface area contributed by atoms with Crippen LogP contribution >= 0.6 is 0 Å². The molecule has 130 valence electrons. The molecule has 0 saturated carbocycles. The summed E-state index contributed by atoms with van der Waals surface area (Å²) in [7, 11) is 1.65. The highest BCUT2D eigenvalue weighted by molar-refractivity contribution is 5.93. The van der Waals surface area contributed by atoms with Gasteiger partial charge in [-0.2, -0.15) is 0 Å². The van der Waals surface area contributed by atoms with Crippen LogP contribution in [0.4, 0.5) is 0 Å². The van der Waals surface area contributed by atoms with E-state index >= 15 is 0 Å². The predicted octanol–water partition coefficient (Wildman–Crippen LogP) is 2.83. The van der Waals surface area contributed by atoms with Crippen LogP contribution in [-0.4, -0.2) is 44.9 Å². The normalized spacial score (nSPS) is 12.1. The van der Waals surface area contributed by atoms with Crippen molar-refractivity contribution in [3.05, 3.63) is 60.2 Å². The van der Waals surface area contributed by atoms with E-state index in [1.165, 1.54) is 0 Å². The Morgan fingerprint density at radius 3 is 2.72 bits per heavy atom. The number of fused-ring (bicyclic) bond motifs is 1. The van der Waals surface area contributed by atoms with Gasteiger partial charge in [0.25, 0.3) is 5.91 Å². The molecule has 0 aliphatic rings. The molecular formula is C19H22N4O2. The van der Waals surface area contributed by atoms with Gasteiger partial charge in [-0.25, -0.2) is 9.97 Å². The lowest BCUT2D eigenvalue weighted by Crippen LogP contribution is -2.39. The molecule has 0 spiro atoms. The van der Waals surface area contributed by atoms with E-state index < -0.39 is 0 Å². The highest BCUT2D eigenvalue weighted by Gasteiger charge is 2.22. The molecule has 0 N–H and O–H groups in total. The van der Waals surface area contributed by atoms with Crippen LogP contribution in [0.5, 0.6) is 5.75 Å². The van der Waals surface area contributed by atoms with Gasteiger partial charge < -0.3 is 9.64 Å². The van der Waals surface area contributed by atoms with Crippen molar-refractivity contribution in [3.8, 4) is 5.75 Å². The summed E-state index contributed by atoms with van der Waals surface area (Å²) >= 11 is 0. The predicted molar refractivity (Wildman–Crippen MR) is 95.9 cm³/mol. The second kappa shape index (κ2) is 7.34. The van der Waals surface area contributed by atoms with Crippen molar-refractivity contribution in [3.63, 3.8) is 0 Å². The molecule has 0 aliphatic heterocycles. The number of aromatic nitrogens is 3. The monoisotopic (exact) mass is 338 g/mol. The van der Waals surface area contributed by atoms with E-state index in [4.69, 9.17) is 4.74 Å². The molecule has 1 amide bonds. The summed E-state index contributed by atoms with van der Waals surface area (Å²) < 4.78 is 6.95. The minimum absolute atomic E-state index is 0.0590. The summed E-state index contributed by atoms with van der Waals surface area (Å²) in [5.41, 5.74) is 1.58. The molecule has 3 aromatic rings. The van der Waals surface area contributed by atoms with E-state index in [1.807, 2.05) is 48.4 Å². The Labute approximate surface area is 147 Å². The maximum absolute atomic E-state index is 12.9. The van der Waals surface area contributed by atoms with E-state index in [-0.39, 0.29) is 11.9 Å². The van der Waals surface area contributed by atoms with Crippen molar-refractivity contribution in [2.24, 2.45) is 0 Å². The van der Waals surface area contributed by atoms with Crippen LogP contribution in [0, 0.1) is 0 Å². The van der Waals surface area contributed by atoms with Crippen LogP contribution < -0.4 is 4.74 Å². The number of likely N-dealkylation sites (N-methyl/N-ethyl adjacent to an activating group) is 1. The maximum atomic E-state index is 12.9. The Morgan fingerprint density at radius 1 is 1.32 bits per heavy atom. The van der Waals surface area contributed by atoms with Crippen LogP contribution in [0.2, 0.25) is 0 Å². The molecule has 6 nitrogen and oxygen atoms in total. The Hall–Kier alpha value is -2.89. The molecule has 2 heterocycles. The van der Waals surface area contributed by atoms with E-state index in [2.05, 4.69) is 16.9 Å². The molecular weight excluding hydrogens is 316 g/mol. The molecule has 0 radical (unpaired) electrons. The van der Waals surface area contributed by atoms with Crippen molar-refractivity contribution < 1.29 is 9.53 Å². The van der Waals surface area contributed by atoms with Crippen LogP contribution in [0.25, 0.3) is 5.78 Å². The zero-order valence-electron chi connectivity index (χ0n) is 14.7. The number of hydrogen-bond donors (Lipinski definition) is 0. The van der Waals surface area contributed by atoms with Crippen LogP contribution in [0.1, 0.15) is 29.9 Å². The standard InChI is InChI=1S/C19H22N4O2/c1-4-23(14(2)12-15-6-8-16(25-3)9-7-15)18(24)17-13-22-11-5-10-20-19(22)21-17/h5-11,13-14H,4,12H2,1-3H3/t14-/m0/s1. The summed E-state index contributed by atoms with van der Waals surface area (Å²) in [6.07, 6.45) is 6.01. The number of carbonyl (C=O) groups excluding carboxylic acids is 1. The molecule has 2 aromatic heterocycles. The minimum atomic E-state index is -0.0750. The SMILES string of the molecule is CCN(C(=O)c1cn2cccnc2n1)[C@@H](C)Cc1ccc(OC)cc1. The second-order valence-electron chi connectivity index (χ2n) is 5.95. The number of rotatable bonds is 6. The van der Waals surface area contributed by atoms with Gasteiger partial charge in [-0.15, -0.1) is 0 Å². The Bertz CT molecular complexity index is 824. The van der Waals surface area contributed by atoms with Crippen LogP contribution in [0.3, 0.4) is 0 Å². The number of ether oxygens (including phenoxy) is 1. The highest BCUT2D eigenvalue weighted by Crippen LogP contribution is 2.16. The first-order chi connectivity index (χ1) is 12.1. The first kappa shape index (κ1) is 17.0. The van der Waals surface area contributed by atoms with Crippen molar-refractivity contribution in [2.75, 3.05) is 13.7 Å². The first-order valence-electron chi connectivity index (χ1n) is 8.36. The van der Waals surface area contributed by atoms with Crippen molar-refractivity contribution in [1.82, 2.24) is 19.3 Å². The molecule has 1 atom stereocenters. The first-order valence-corrected chi connectivity index (χ1v) is 8.36. The van der Waals surface area contributed by atoms with Gasteiger partial charge in [0.1, 0.15) is 11.4 Å². The Balaban J connectivity index is 1.76. The quantitative estimate of drug-likeness (QED) is 0.693. The van der Waals surface area contributed by atoms with Crippen LogP contribution in [0.15, 0.2) is 48.9 Å².